The maximum atomic E-state index is 12.6. The van der Waals surface area contributed by atoms with E-state index < -0.39 is 4.92 Å². The molecule has 0 radical (unpaired) electrons. The maximum absolute atomic E-state index is 12.6. The molecule has 0 saturated heterocycles. The van der Waals surface area contributed by atoms with Crippen molar-refractivity contribution in [3.63, 3.8) is 0 Å². The highest BCUT2D eigenvalue weighted by atomic mass is 16.6. The summed E-state index contributed by atoms with van der Waals surface area (Å²) in [6.07, 6.45) is 8.46. The number of nitrogens with zero attached hydrogens (tertiary/aromatic N) is 3. The Kier molecular flexibility index (Phi) is 6.78. The number of hydrogen-bond donors (Lipinski definition) is 0. The Labute approximate surface area is 195 Å². The van der Waals surface area contributed by atoms with Crippen LogP contribution in [0, 0.1) is 10.1 Å². The molecule has 0 unspecified atom stereocenters. The minimum absolute atomic E-state index is 0.0289. The van der Waals surface area contributed by atoms with Crippen molar-refractivity contribution < 1.29 is 19.2 Å². The summed E-state index contributed by atoms with van der Waals surface area (Å²) in [7, 11) is 1.54. The van der Waals surface area contributed by atoms with Gasteiger partial charge in [-0.15, -0.1) is 0 Å². The number of non-ortho nitro benzene ring substituents is 1. The third-order valence-electron chi connectivity index (χ3n) is 5.11. The Morgan fingerprint density at radius 3 is 2.47 bits per heavy atom. The van der Waals surface area contributed by atoms with Gasteiger partial charge < -0.3 is 14.0 Å². The van der Waals surface area contributed by atoms with Gasteiger partial charge in [0.15, 0.2) is 17.3 Å². The molecule has 0 fully saturated rings. The van der Waals surface area contributed by atoms with E-state index in [4.69, 9.17) is 9.47 Å². The van der Waals surface area contributed by atoms with Gasteiger partial charge in [0.25, 0.3) is 5.69 Å². The molecule has 8 nitrogen and oxygen atoms in total. The summed E-state index contributed by atoms with van der Waals surface area (Å²) in [6, 6.07) is 18.8. The van der Waals surface area contributed by atoms with E-state index in [0.29, 0.717) is 17.1 Å². The number of nitro benzene ring substituents is 1. The number of carbonyl (C=O) groups excluding carboxylic acids is 1. The van der Waals surface area contributed by atoms with Crippen LogP contribution in [0.2, 0.25) is 0 Å². The average Bonchev–Trinajstić information content (AvgIpc) is 3.41. The third-order valence-corrected chi connectivity index (χ3v) is 5.11. The molecule has 0 bridgehead atoms. The zero-order valence-electron chi connectivity index (χ0n) is 18.3. The van der Waals surface area contributed by atoms with Crippen LogP contribution in [0.3, 0.4) is 0 Å². The quantitative estimate of drug-likeness (QED) is 0.148. The van der Waals surface area contributed by atoms with Gasteiger partial charge in [-0.1, -0.05) is 12.1 Å². The highest BCUT2D eigenvalue weighted by Gasteiger charge is 2.08. The normalized spacial score (nSPS) is 10.9. The van der Waals surface area contributed by atoms with Gasteiger partial charge in [0, 0.05) is 35.8 Å². The minimum Gasteiger partial charge on any atom is -0.493 e. The van der Waals surface area contributed by atoms with Gasteiger partial charge in [-0.25, -0.2) is 4.98 Å². The van der Waals surface area contributed by atoms with Crippen LogP contribution >= 0.6 is 0 Å². The number of allylic oxidation sites excluding steroid dienone is 1. The molecule has 0 spiro atoms. The van der Waals surface area contributed by atoms with Crippen LogP contribution < -0.4 is 9.47 Å². The third kappa shape index (κ3) is 5.36. The standard InChI is InChI=1S/C26H21N3O5/c1-33-26-16-19(5-13-25(26)34-17-20-2-8-23(9-3-20)29(31)32)4-12-24(30)21-6-10-22(11-7-21)28-15-14-27-18-28/h2-16,18H,17H2,1H3/b12-4+. The van der Waals surface area contributed by atoms with Crippen LogP contribution in [0.15, 0.2) is 91.5 Å². The van der Waals surface area contributed by atoms with E-state index in [1.807, 2.05) is 29.0 Å². The first-order chi connectivity index (χ1) is 16.5. The van der Waals surface area contributed by atoms with E-state index in [1.54, 1.807) is 55.0 Å². The first kappa shape index (κ1) is 22.5. The van der Waals surface area contributed by atoms with Crippen molar-refractivity contribution in [1.29, 1.82) is 0 Å². The molecule has 0 aliphatic carbocycles. The Bertz CT molecular complexity index is 1310. The molecule has 0 amide bonds. The summed E-state index contributed by atoms with van der Waals surface area (Å²) in [5.74, 6) is 0.926. The van der Waals surface area contributed by atoms with Crippen LogP contribution in [0.25, 0.3) is 11.8 Å². The summed E-state index contributed by atoms with van der Waals surface area (Å²) in [6.45, 7) is 0.233. The van der Waals surface area contributed by atoms with E-state index >= 15 is 0 Å². The minimum atomic E-state index is -0.443. The largest absolute Gasteiger partial charge is 0.493 e. The number of carbonyl (C=O) groups is 1. The predicted molar refractivity (Wildman–Crippen MR) is 127 cm³/mol. The predicted octanol–water partition coefficient (Wildman–Crippen LogP) is 5.26. The van der Waals surface area contributed by atoms with Crippen LogP contribution in [-0.4, -0.2) is 27.4 Å². The van der Waals surface area contributed by atoms with Gasteiger partial charge in [-0.3, -0.25) is 14.9 Å². The van der Waals surface area contributed by atoms with Crippen molar-refractivity contribution in [2.75, 3.05) is 7.11 Å². The SMILES string of the molecule is COc1cc(/C=C/C(=O)c2ccc(-n3ccnc3)cc2)ccc1OCc1ccc([N+](=O)[O-])cc1. The average molecular weight is 455 g/mol. The first-order valence-corrected chi connectivity index (χ1v) is 10.4. The number of benzene rings is 3. The molecule has 4 rings (SSSR count). The van der Waals surface area contributed by atoms with E-state index in [0.717, 1.165) is 16.8 Å². The Morgan fingerprint density at radius 1 is 1.06 bits per heavy atom. The summed E-state index contributed by atoms with van der Waals surface area (Å²) < 4.78 is 13.1. The lowest BCUT2D eigenvalue weighted by Crippen LogP contribution is -1.98. The highest BCUT2D eigenvalue weighted by Crippen LogP contribution is 2.29. The molecule has 0 saturated carbocycles. The van der Waals surface area contributed by atoms with Gasteiger partial charge in [0.05, 0.1) is 18.4 Å². The fourth-order valence-corrected chi connectivity index (χ4v) is 3.26. The zero-order chi connectivity index (χ0) is 23.9. The van der Waals surface area contributed by atoms with Gasteiger partial charge in [0.2, 0.25) is 0 Å². The second-order valence-corrected chi connectivity index (χ2v) is 7.34. The van der Waals surface area contributed by atoms with Crippen molar-refractivity contribution in [3.05, 3.63) is 118 Å². The molecule has 1 aromatic heterocycles. The molecular weight excluding hydrogens is 434 g/mol. The van der Waals surface area contributed by atoms with Crippen LogP contribution in [0.4, 0.5) is 5.69 Å². The number of imidazole rings is 1. The maximum Gasteiger partial charge on any atom is 0.269 e. The molecule has 4 aromatic rings. The fourth-order valence-electron chi connectivity index (χ4n) is 3.26. The lowest BCUT2D eigenvalue weighted by molar-refractivity contribution is -0.384. The number of nitro groups is 1. The lowest BCUT2D eigenvalue weighted by atomic mass is 10.1. The van der Waals surface area contributed by atoms with Gasteiger partial charge in [-0.2, -0.15) is 0 Å². The van der Waals surface area contributed by atoms with Crippen molar-refractivity contribution in [3.8, 4) is 17.2 Å². The summed E-state index contributed by atoms with van der Waals surface area (Å²) in [4.78, 5) is 26.9. The molecule has 34 heavy (non-hydrogen) atoms. The summed E-state index contributed by atoms with van der Waals surface area (Å²) >= 11 is 0. The van der Waals surface area contributed by atoms with Gasteiger partial charge in [0.1, 0.15) is 6.61 Å². The van der Waals surface area contributed by atoms with E-state index in [-0.39, 0.29) is 18.1 Å². The van der Waals surface area contributed by atoms with Gasteiger partial charge >= 0.3 is 0 Å². The molecular formula is C26H21N3O5. The number of aromatic nitrogens is 2. The summed E-state index contributed by atoms with van der Waals surface area (Å²) in [5.41, 5.74) is 3.10. The zero-order valence-corrected chi connectivity index (χ0v) is 18.3. The highest BCUT2D eigenvalue weighted by molar-refractivity contribution is 6.06. The van der Waals surface area contributed by atoms with E-state index in [1.165, 1.54) is 25.3 Å². The Morgan fingerprint density at radius 2 is 1.82 bits per heavy atom. The van der Waals surface area contributed by atoms with Gasteiger partial charge in [-0.05, 0) is 65.7 Å². The molecule has 0 atom stereocenters. The molecule has 0 aliphatic heterocycles. The topological polar surface area (TPSA) is 96.5 Å². The number of hydrogen-bond acceptors (Lipinski definition) is 6. The van der Waals surface area contributed by atoms with E-state index in [9.17, 15) is 14.9 Å². The second kappa shape index (κ2) is 10.3. The summed E-state index contributed by atoms with van der Waals surface area (Å²) in [5, 5.41) is 10.8. The van der Waals surface area contributed by atoms with Crippen molar-refractivity contribution in [1.82, 2.24) is 9.55 Å². The number of ketones is 1. The Balaban J connectivity index is 1.40. The van der Waals surface area contributed by atoms with Crippen molar-refractivity contribution in [2.24, 2.45) is 0 Å². The molecule has 8 heteroatoms. The van der Waals surface area contributed by atoms with Crippen LogP contribution in [0.1, 0.15) is 21.5 Å². The van der Waals surface area contributed by atoms with Crippen LogP contribution in [0.5, 0.6) is 11.5 Å². The lowest BCUT2D eigenvalue weighted by Gasteiger charge is -2.11. The Hall–Kier alpha value is -4.72. The molecule has 0 aliphatic rings. The number of ether oxygens (including phenoxy) is 2. The van der Waals surface area contributed by atoms with Crippen LogP contribution in [-0.2, 0) is 6.61 Å². The molecule has 1 heterocycles. The van der Waals surface area contributed by atoms with E-state index in [2.05, 4.69) is 4.98 Å². The fraction of sp³-hybridized carbons (Fsp3) is 0.0769. The molecule has 170 valence electrons. The molecule has 0 N–H and O–H groups in total. The smallest absolute Gasteiger partial charge is 0.269 e. The van der Waals surface area contributed by atoms with Crippen molar-refractivity contribution >= 4 is 17.5 Å². The number of rotatable bonds is 9. The molecule has 3 aromatic carbocycles. The second-order valence-electron chi connectivity index (χ2n) is 7.34. The monoisotopic (exact) mass is 455 g/mol. The van der Waals surface area contributed by atoms with Crippen molar-refractivity contribution in [2.45, 2.75) is 6.61 Å². The number of methoxy groups -OCH3 is 1. The first-order valence-electron chi connectivity index (χ1n) is 10.4.